The molecule has 0 aliphatic carbocycles. The molecule has 0 unspecified atom stereocenters. The van der Waals surface area contributed by atoms with Crippen LogP contribution in [0.15, 0.2) is 0 Å². The van der Waals surface area contributed by atoms with Crippen LogP contribution in [0.5, 0.6) is 0 Å². The van der Waals surface area contributed by atoms with Gasteiger partial charge in [-0.25, -0.2) is 0 Å². The Morgan fingerprint density at radius 3 is 1.71 bits per heavy atom. The first-order valence-electron chi connectivity index (χ1n) is 2.33. The Balaban J connectivity index is 0. The molecule has 0 bridgehead atoms. The van der Waals surface area contributed by atoms with Crippen LogP contribution in [-0.4, -0.2) is 0 Å². The van der Waals surface area contributed by atoms with Crippen molar-refractivity contribution >= 4 is 13.6 Å². The first kappa shape index (κ1) is 11.0. The third kappa shape index (κ3) is 19.2. The molecule has 0 radical (unpaired) electrons. The Hall–Kier alpha value is 1.10. The zero-order chi connectivity index (χ0) is 6.28. The second kappa shape index (κ2) is 10.2. The average molecular weight is 216 g/mol. The molecule has 0 nitrogen and oxygen atoms in total. The van der Waals surface area contributed by atoms with Gasteiger partial charge in [-0.15, -0.1) is 0 Å². The Morgan fingerprint density at radius 1 is 1.57 bits per heavy atom. The van der Waals surface area contributed by atoms with Crippen molar-refractivity contribution in [2.75, 3.05) is 0 Å². The van der Waals surface area contributed by atoms with Crippen molar-refractivity contribution in [3.8, 4) is 0 Å². The van der Waals surface area contributed by atoms with Crippen molar-refractivity contribution in [1.82, 2.24) is 0 Å². The average Bonchev–Trinajstić information content (AvgIpc) is 1.73. The molecule has 0 heterocycles. The minimum absolute atomic E-state index is 0.773. The van der Waals surface area contributed by atoms with E-state index in [1.165, 1.54) is 16.3 Å². The molecule has 0 spiro atoms. The van der Waals surface area contributed by atoms with Crippen molar-refractivity contribution < 1.29 is 16.3 Å². The molecule has 0 atom stereocenters. The molecule has 0 fully saturated rings. The van der Waals surface area contributed by atoms with Crippen molar-refractivity contribution in [3.05, 3.63) is 6.92 Å². The van der Waals surface area contributed by atoms with Crippen LogP contribution in [0.4, 0.5) is 0 Å². The summed E-state index contributed by atoms with van der Waals surface area (Å²) < 4.78 is 0. The van der Waals surface area contributed by atoms with E-state index in [9.17, 15) is 0 Å². The van der Waals surface area contributed by atoms with Crippen molar-refractivity contribution in [2.45, 2.75) is 20.3 Å². The van der Waals surface area contributed by atoms with E-state index in [2.05, 4.69) is 34.4 Å². The van der Waals surface area contributed by atoms with E-state index >= 15 is 0 Å². The van der Waals surface area contributed by atoms with E-state index in [-0.39, 0.29) is 0 Å². The Morgan fingerprint density at radius 2 is 1.71 bits per heavy atom. The van der Waals surface area contributed by atoms with E-state index in [1.54, 1.807) is 0 Å². The zero-order valence-electron chi connectivity index (χ0n) is 5.08. The van der Waals surface area contributed by atoms with Gasteiger partial charge < -0.3 is 6.92 Å². The monoisotopic (exact) mass is 214 g/mol. The zero-order valence-corrected chi connectivity index (χ0v) is 9.63. The SMILES string of the molecule is [CH2-]CC(C)C.[Zn+][Br]. The van der Waals surface area contributed by atoms with E-state index in [4.69, 9.17) is 0 Å². The number of halogens is 1. The molecule has 2 heteroatoms. The van der Waals surface area contributed by atoms with Gasteiger partial charge in [0, 0.05) is 0 Å². The molecule has 0 saturated heterocycles. The van der Waals surface area contributed by atoms with Gasteiger partial charge in [0.1, 0.15) is 0 Å². The number of rotatable bonds is 1. The summed E-state index contributed by atoms with van der Waals surface area (Å²) in [6.07, 6.45) is 1.06. The molecule has 7 heavy (non-hydrogen) atoms. The fourth-order valence-corrected chi connectivity index (χ4v) is 0. The van der Waals surface area contributed by atoms with Crippen LogP contribution in [-0.2, 0) is 16.3 Å². The van der Waals surface area contributed by atoms with Crippen LogP contribution in [0.2, 0.25) is 0 Å². The van der Waals surface area contributed by atoms with Crippen LogP contribution in [0.1, 0.15) is 20.3 Å². The molecular formula is C5H11BrZn. The molecule has 0 saturated carbocycles. The molecule has 40 valence electrons. The first-order chi connectivity index (χ1) is 3.27. The van der Waals surface area contributed by atoms with Crippen LogP contribution < -0.4 is 0 Å². The van der Waals surface area contributed by atoms with Crippen LogP contribution in [0.25, 0.3) is 0 Å². The minimum atomic E-state index is 0.773. The quantitative estimate of drug-likeness (QED) is 0.467. The maximum absolute atomic E-state index is 3.69. The summed E-state index contributed by atoms with van der Waals surface area (Å²) in [4.78, 5) is 0. The molecule has 0 N–H and O–H groups in total. The Bertz CT molecular complexity index is 22.0. The fraction of sp³-hybridized carbons (Fsp3) is 0.800. The summed E-state index contributed by atoms with van der Waals surface area (Å²) in [5, 5.41) is 0. The van der Waals surface area contributed by atoms with Gasteiger partial charge in [-0.3, -0.25) is 0 Å². The van der Waals surface area contributed by atoms with Crippen molar-refractivity contribution in [1.29, 1.82) is 0 Å². The third-order valence-corrected chi connectivity index (χ3v) is 0.577. The van der Waals surface area contributed by atoms with E-state index in [1.807, 2.05) is 0 Å². The van der Waals surface area contributed by atoms with Gasteiger partial charge in [-0.05, 0) is 0 Å². The molecule has 0 aliphatic heterocycles. The van der Waals surface area contributed by atoms with Crippen LogP contribution >= 0.6 is 13.6 Å². The number of hydrogen-bond donors (Lipinski definition) is 0. The molecular weight excluding hydrogens is 205 g/mol. The standard InChI is InChI=1S/C5H11.BrH.Zn/c1-4-5(2)3;;/h5H,1,4H2,2-3H3;1H;/q-1;;+2/p-1. The number of hydrogen-bond acceptors (Lipinski definition) is 0. The normalized spacial score (nSPS) is 7.86. The summed E-state index contributed by atoms with van der Waals surface area (Å²) >= 11 is 4.25. The summed E-state index contributed by atoms with van der Waals surface area (Å²) in [5.74, 6) is 0.773. The fourth-order valence-electron chi connectivity index (χ4n) is 0. The summed E-state index contributed by atoms with van der Waals surface area (Å²) in [5.41, 5.74) is 0. The van der Waals surface area contributed by atoms with Gasteiger partial charge in [0.05, 0.1) is 0 Å². The predicted molar refractivity (Wildman–Crippen MR) is 33.7 cm³/mol. The van der Waals surface area contributed by atoms with E-state index in [0.717, 1.165) is 12.3 Å². The maximum atomic E-state index is 3.69. The summed E-state index contributed by atoms with van der Waals surface area (Å²) in [6, 6.07) is 0. The topological polar surface area (TPSA) is 0 Å². The van der Waals surface area contributed by atoms with Gasteiger partial charge in [-0.2, -0.15) is 6.42 Å². The van der Waals surface area contributed by atoms with Gasteiger partial charge in [0.25, 0.3) is 0 Å². The first-order valence-corrected chi connectivity index (χ1v) is 9.28. The van der Waals surface area contributed by atoms with Crippen molar-refractivity contribution in [2.24, 2.45) is 5.92 Å². The third-order valence-electron chi connectivity index (χ3n) is 0.577. The molecule has 0 aromatic heterocycles. The van der Waals surface area contributed by atoms with Crippen molar-refractivity contribution in [3.63, 3.8) is 0 Å². The Labute approximate surface area is 63.1 Å². The summed E-state index contributed by atoms with van der Waals surface area (Å²) in [7, 11) is 0. The second-order valence-electron chi connectivity index (χ2n) is 1.68. The molecule has 0 rings (SSSR count). The molecule has 0 aliphatic rings. The van der Waals surface area contributed by atoms with E-state index in [0.29, 0.717) is 0 Å². The molecule has 0 amide bonds. The van der Waals surface area contributed by atoms with Gasteiger partial charge in [0.2, 0.25) is 0 Å². The van der Waals surface area contributed by atoms with Crippen LogP contribution in [0.3, 0.4) is 0 Å². The van der Waals surface area contributed by atoms with Gasteiger partial charge in [0.15, 0.2) is 0 Å². The summed E-state index contributed by atoms with van der Waals surface area (Å²) in [6.45, 7) is 8.00. The van der Waals surface area contributed by atoms with Crippen LogP contribution in [0, 0.1) is 12.8 Å². The predicted octanol–water partition coefficient (Wildman–Crippen LogP) is 2.71. The Kier molecular flexibility index (Phi) is 15.9. The van der Waals surface area contributed by atoms with E-state index < -0.39 is 0 Å². The molecule has 0 aromatic carbocycles. The second-order valence-corrected chi connectivity index (χ2v) is 1.68. The van der Waals surface area contributed by atoms with Gasteiger partial charge >= 0.3 is 30.0 Å². The van der Waals surface area contributed by atoms with Gasteiger partial charge in [-0.1, -0.05) is 19.8 Å². The molecule has 0 aromatic rings.